The number of nitrogens with two attached hydrogens (primary N) is 1. The predicted molar refractivity (Wildman–Crippen MR) is 156 cm³/mol. The molecule has 0 aliphatic carbocycles. The Hall–Kier alpha value is -4.48. The number of benzene rings is 3. The smallest absolute Gasteiger partial charge is 0.344 e. The first-order valence-electron chi connectivity index (χ1n) is 12.9. The van der Waals surface area contributed by atoms with Gasteiger partial charge in [0, 0.05) is 40.7 Å². The van der Waals surface area contributed by atoms with E-state index in [1.807, 2.05) is 13.0 Å². The molecule has 0 radical (unpaired) electrons. The molecular weight excluding hydrogens is 552 g/mol. The third-order valence-corrected chi connectivity index (χ3v) is 6.01. The van der Waals surface area contributed by atoms with E-state index < -0.39 is 11.9 Å². The summed E-state index contributed by atoms with van der Waals surface area (Å²) in [6.45, 7) is 3.92. The fourth-order valence-corrected chi connectivity index (χ4v) is 4.09. The number of amidine groups is 1. The molecular formula is C29H33ClN4O7. The monoisotopic (exact) mass is 584 g/mol. The number of hydrogen-bond acceptors (Lipinski definition) is 9. The topological polar surface area (TPSA) is 165 Å². The van der Waals surface area contributed by atoms with Gasteiger partial charge in [-0.15, -0.1) is 0 Å². The van der Waals surface area contributed by atoms with Gasteiger partial charge < -0.3 is 40.9 Å². The standard InChI is InChI=1S/C29H33ClN4O7/c1-3-39-25-14-18(11-12-35)13-20(27(25)41-17-26(36)40-4-2)16-32-24-10-7-21(30)15-23(24)29(37)33-22-8-5-19(6-9-22)28(31)34-38/h5-10,13-15,32,35,38H,3-4,11-12,16-17H2,1-2H3,(H2,31,34)(H,33,37). The minimum Gasteiger partial charge on any atom is -0.490 e. The molecule has 0 atom stereocenters. The number of nitrogens with one attached hydrogen (secondary N) is 2. The molecule has 0 aliphatic heterocycles. The summed E-state index contributed by atoms with van der Waals surface area (Å²) in [5.41, 5.74) is 8.80. The summed E-state index contributed by atoms with van der Waals surface area (Å²) in [6, 6.07) is 14.9. The highest BCUT2D eigenvalue weighted by atomic mass is 35.5. The predicted octanol–water partition coefficient (Wildman–Crippen LogP) is 4.17. The zero-order valence-electron chi connectivity index (χ0n) is 22.8. The number of carbonyl (C=O) groups excluding carboxylic acids is 2. The van der Waals surface area contributed by atoms with Crippen LogP contribution in [0.1, 0.15) is 40.9 Å². The van der Waals surface area contributed by atoms with Crippen LogP contribution in [0.5, 0.6) is 11.5 Å². The molecule has 12 heteroatoms. The quantitative estimate of drug-likeness (QED) is 0.0614. The lowest BCUT2D eigenvalue weighted by Crippen LogP contribution is -2.17. The highest BCUT2D eigenvalue weighted by molar-refractivity contribution is 6.31. The minimum absolute atomic E-state index is 0.0506. The van der Waals surface area contributed by atoms with Gasteiger partial charge in [0.05, 0.1) is 18.8 Å². The largest absolute Gasteiger partial charge is 0.490 e. The molecule has 3 aromatic carbocycles. The molecule has 0 spiro atoms. The van der Waals surface area contributed by atoms with Crippen molar-refractivity contribution in [2.24, 2.45) is 10.9 Å². The Morgan fingerprint density at radius 1 is 1.02 bits per heavy atom. The van der Waals surface area contributed by atoms with Crippen molar-refractivity contribution in [3.63, 3.8) is 0 Å². The van der Waals surface area contributed by atoms with E-state index >= 15 is 0 Å². The third kappa shape index (κ3) is 8.75. The number of oxime groups is 1. The van der Waals surface area contributed by atoms with Gasteiger partial charge in [-0.3, -0.25) is 4.79 Å². The summed E-state index contributed by atoms with van der Waals surface area (Å²) in [4.78, 5) is 25.2. The van der Waals surface area contributed by atoms with Gasteiger partial charge in [0.2, 0.25) is 0 Å². The van der Waals surface area contributed by atoms with E-state index in [9.17, 15) is 14.7 Å². The van der Waals surface area contributed by atoms with Crippen molar-refractivity contribution in [2.45, 2.75) is 26.8 Å². The molecule has 6 N–H and O–H groups in total. The Balaban J connectivity index is 1.88. The van der Waals surface area contributed by atoms with E-state index in [-0.39, 0.29) is 37.8 Å². The molecule has 0 unspecified atom stereocenters. The summed E-state index contributed by atoms with van der Waals surface area (Å²) < 4.78 is 16.6. The second kappa shape index (κ2) is 15.3. The number of ether oxygens (including phenoxy) is 3. The van der Waals surface area contributed by atoms with Crippen molar-refractivity contribution < 1.29 is 34.1 Å². The molecule has 3 aromatic rings. The number of hydrogen-bond donors (Lipinski definition) is 5. The Kier molecular flexibility index (Phi) is 11.6. The van der Waals surface area contributed by atoms with E-state index in [2.05, 4.69) is 15.8 Å². The molecule has 0 aromatic heterocycles. The van der Waals surface area contributed by atoms with Gasteiger partial charge in [-0.25, -0.2) is 4.79 Å². The Morgan fingerprint density at radius 2 is 1.78 bits per heavy atom. The van der Waals surface area contributed by atoms with Crippen molar-refractivity contribution in [3.8, 4) is 11.5 Å². The van der Waals surface area contributed by atoms with Crippen molar-refractivity contribution in [1.29, 1.82) is 0 Å². The first kappa shape index (κ1) is 31.1. The molecule has 0 bridgehead atoms. The summed E-state index contributed by atoms with van der Waals surface area (Å²) in [5, 5.41) is 27.8. The van der Waals surface area contributed by atoms with E-state index in [4.69, 9.17) is 36.8 Å². The van der Waals surface area contributed by atoms with Crippen molar-refractivity contribution in [3.05, 3.63) is 81.9 Å². The molecule has 0 aliphatic rings. The van der Waals surface area contributed by atoms with Gasteiger partial charge in [0.25, 0.3) is 5.91 Å². The number of carbonyl (C=O) groups is 2. The van der Waals surface area contributed by atoms with Crippen LogP contribution in [-0.2, 0) is 22.5 Å². The summed E-state index contributed by atoms with van der Waals surface area (Å²) >= 11 is 6.22. The maximum Gasteiger partial charge on any atom is 0.344 e. The van der Waals surface area contributed by atoms with E-state index in [0.29, 0.717) is 52.1 Å². The van der Waals surface area contributed by atoms with Gasteiger partial charge >= 0.3 is 5.97 Å². The van der Waals surface area contributed by atoms with Gasteiger partial charge in [-0.05, 0) is 80.4 Å². The molecule has 11 nitrogen and oxygen atoms in total. The van der Waals surface area contributed by atoms with Crippen LogP contribution >= 0.6 is 11.6 Å². The fraction of sp³-hybridized carbons (Fsp3) is 0.276. The molecule has 218 valence electrons. The van der Waals surface area contributed by atoms with Gasteiger partial charge in [-0.2, -0.15) is 0 Å². The zero-order chi connectivity index (χ0) is 29.8. The number of aliphatic hydroxyl groups is 1. The number of esters is 1. The van der Waals surface area contributed by atoms with Crippen LogP contribution in [0, 0.1) is 0 Å². The van der Waals surface area contributed by atoms with Crippen LogP contribution in [-0.4, -0.2) is 54.5 Å². The fourth-order valence-electron chi connectivity index (χ4n) is 3.92. The summed E-state index contributed by atoms with van der Waals surface area (Å²) in [5.74, 6) is -0.229. The Bertz CT molecular complexity index is 1380. The average Bonchev–Trinajstić information content (AvgIpc) is 2.96. The first-order valence-corrected chi connectivity index (χ1v) is 13.3. The molecule has 41 heavy (non-hydrogen) atoms. The van der Waals surface area contributed by atoms with Crippen LogP contribution in [0.4, 0.5) is 11.4 Å². The maximum absolute atomic E-state index is 13.2. The molecule has 0 fully saturated rings. The number of rotatable bonds is 14. The lowest BCUT2D eigenvalue weighted by molar-refractivity contribution is -0.145. The lowest BCUT2D eigenvalue weighted by atomic mass is 10.1. The van der Waals surface area contributed by atoms with Crippen LogP contribution in [0.25, 0.3) is 0 Å². The number of aliphatic hydroxyl groups excluding tert-OH is 1. The molecule has 3 rings (SSSR count). The third-order valence-electron chi connectivity index (χ3n) is 5.77. The normalized spacial score (nSPS) is 11.1. The van der Waals surface area contributed by atoms with Crippen LogP contribution < -0.4 is 25.8 Å². The lowest BCUT2D eigenvalue weighted by Gasteiger charge is -2.19. The molecule has 0 heterocycles. The Labute approximate surface area is 242 Å². The number of halogens is 1. The maximum atomic E-state index is 13.2. The SMILES string of the molecule is CCOC(=O)COc1c(CNc2ccc(Cl)cc2C(=O)Nc2ccc(/C(N)=N/O)cc2)cc(CCO)cc1OCC. The minimum atomic E-state index is -0.524. The summed E-state index contributed by atoms with van der Waals surface area (Å²) in [7, 11) is 0. The number of amides is 1. The molecule has 1 amide bonds. The number of anilines is 2. The van der Waals surface area contributed by atoms with E-state index in [1.165, 1.54) is 6.07 Å². The zero-order valence-corrected chi connectivity index (χ0v) is 23.5. The molecule has 0 saturated heterocycles. The van der Waals surface area contributed by atoms with Gasteiger partial charge in [0.1, 0.15) is 0 Å². The highest BCUT2D eigenvalue weighted by Crippen LogP contribution is 2.35. The molecule has 0 saturated carbocycles. The van der Waals surface area contributed by atoms with Gasteiger partial charge in [-0.1, -0.05) is 16.8 Å². The second-order valence-corrected chi connectivity index (χ2v) is 9.08. The highest BCUT2D eigenvalue weighted by Gasteiger charge is 2.18. The van der Waals surface area contributed by atoms with Crippen molar-refractivity contribution >= 4 is 40.7 Å². The number of nitrogens with zero attached hydrogens (tertiary/aromatic N) is 1. The van der Waals surface area contributed by atoms with Crippen molar-refractivity contribution in [2.75, 3.05) is 37.1 Å². The van der Waals surface area contributed by atoms with Crippen LogP contribution in [0.3, 0.4) is 0 Å². The van der Waals surface area contributed by atoms with E-state index in [1.54, 1.807) is 49.4 Å². The second-order valence-electron chi connectivity index (χ2n) is 8.64. The average molecular weight is 585 g/mol. The van der Waals surface area contributed by atoms with Crippen LogP contribution in [0.2, 0.25) is 5.02 Å². The van der Waals surface area contributed by atoms with Crippen molar-refractivity contribution in [1.82, 2.24) is 0 Å². The first-order chi connectivity index (χ1) is 19.8. The Morgan fingerprint density at radius 3 is 2.44 bits per heavy atom. The van der Waals surface area contributed by atoms with E-state index in [0.717, 1.165) is 5.56 Å². The summed E-state index contributed by atoms with van der Waals surface area (Å²) in [6.07, 6.45) is 0.383. The van der Waals surface area contributed by atoms with Crippen LogP contribution in [0.15, 0.2) is 59.8 Å². The van der Waals surface area contributed by atoms with Gasteiger partial charge in [0.15, 0.2) is 23.9 Å².